The number of hydrogen-bond donors (Lipinski definition) is 0. The van der Waals surface area contributed by atoms with Gasteiger partial charge in [-0.05, 0) is 12.8 Å². The maximum atomic E-state index is 12.0. The van der Waals surface area contributed by atoms with Crippen LogP contribution in [0.4, 0.5) is 0 Å². The van der Waals surface area contributed by atoms with E-state index in [4.69, 9.17) is 4.74 Å². The van der Waals surface area contributed by atoms with Gasteiger partial charge in [-0.25, -0.2) is 0 Å². The van der Waals surface area contributed by atoms with Crippen LogP contribution in [-0.2, 0) is 14.3 Å². The minimum atomic E-state index is -0.989. The van der Waals surface area contributed by atoms with Crippen molar-refractivity contribution in [3.63, 3.8) is 0 Å². The van der Waals surface area contributed by atoms with E-state index in [1.807, 2.05) is 13.8 Å². The van der Waals surface area contributed by atoms with Crippen LogP contribution >= 0.6 is 0 Å². The molecule has 0 bridgehead atoms. The Morgan fingerprint density at radius 3 is 2.27 bits per heavy atom. The van der Waals surface area contributed by atoms with Gasteiger partial charge in [0.25, 0.3) is 5.91 Å². The molecule has 0 aromatic rings. The quantitative estimate of drug-likeness (QED) is 0.636. The molecular weight excluding hydrogens is 196 g/mol. The van der Waals surface area contributed by atoms with E-state index in [1.165, 1.54) is 12.0 Å². The van der Waals surface area contributed by atoms with Crippen LogP contribution in [0.15, 0.2) is 4.99 Å². The molecule has 0 aromatic carbocycles. The third kappa shape index (κ3) is 1.52. The molecule has 5 heteroatoms. The van der Waals surface area contributed by atoms with Crippen molar-refractivity contribution >= 4 is 17.8 Å². The van der Waals surface area contributed by atoms with Crippen molar-refractivity contribution in [1.29, 1.82) is 0 Å². The number of aliphatic imine (C=N–C) groups is 1. The number of carbonyl (C=O) groups is 2. The van der Waals surface area contributed by atoms with Crippen LogP contribution in [0.25, 0.3) is 0 Å². The van der Waals surface area contributed by atoms with E-state index in [2.05, 4.69) is 4.99 Å². The lowest BCUT2D eigenvalue weighted by atomic mass is 9.79. The molecule has 84 valence electrons. The highest BCUT2D eigenvalue weighted by Gasteiger charge is 2.48. The zero-order valence-corrected chi connectivity index (χ0v) is 9.53. The monoisotopic (exact) mass is 212 g/mol. The Labute approximate surface area is 89.1 Å². The SMILES string of the molecule is CCC1(CC)C(=O)N=C(OC)N(C)C1=O. The highest BCUT2D eigenvalue weighted by atomic mass is 16.5. The Balaban J connectivity index is 3.21. The smallest absolute Gasteiger partial charge is 0.301 e. The van der Waals surface area contributed by atoms with Crippen molar-refractivity contribution in [2.45, 2.75) is 26.7 Å². The molecule has 0 N–H and O–H groups in total. The molecule has 0 saturated carbocycles. The number of hydrogen-bond acceptors (Lipinski definition) is 3. The highest BCUT2D eigenvalue weighted by molar-refractivity contribution is 6.16. The van der Waals surface area contributed by atoms with Gasteiger partial charge in [0.05, 0.1) is 7.11 Å². The first-order valence-electron chi connectivity index (χ1n) is 4.98. The van der Waals surface area contributed by atoms with Crippen LogP contribution in [0.3, 0.4) is 0 Å². The van der Waals surface area contributed by atoms with Crippen molar-refractivity contribution in [2.75, 3.05) is 14.2 Å². The van der Waals surface area contributed by atoms with Gasteiger partial charge < -0.3 is 4.74 Å². The first kappa shape index (κ1) is 11.7. The van der Waals surface area contributed by atoms with Crippen molar-refractivity contribution in [3.8, 4) is 0 Å². The summed E-state index contributed by atoms with van der Waals surface area (Å²) in [4.78, 5) is 28.9. The Morgan fingerprint density at radius 1 is 1.33 bits per heavy atom. The Morgan fingerprint density at radius 2 is 1.87 bits per heavy atom. The lowest BCUT2D eigenvalue weighted by Gasteiger charge is -2.34. The van der Waals surface area contributed by atoms with Gasteiger partial charge in [0.1, 0.15) is 5.41 Å². The van der Waals surface area contributed by atoms with Crippen molar-refractivity contribution in [3.05, 3.63) is 0 Å². The second-order valence-electron chi connectivity index (χ2n) is 3.56. The molecule has 1 aliphatic heterocycles. The number of methoxy groups -OCH3 is 1. The van der Waals surface area contributed by atoms with E-state index >= 15 is 0 Å². The number of amidine groups is 1. The van der Waals surface area contributed by atoms with E-state index in [-0.39, 0.29) is 11.9 Å². The molecule has 5 nitrogen and oxygen atoms in total. The molecule has 0 unspecified atom stereocenters. The third-order valence-corrected chi connectivity index (χ3v) is 3.00. The van der Waals surface area contributed by atoms with Gasteiger partial charge in [0, 0.05) is 7.05 Å². The Bertz CT molecular complexity index is 319. The summed E-state index contributed by atoms with van der Waals surface area (Å²) in [6.07, 6.45) is 0.929. The first-order chi connectivity index (χ1) is 7.03. The average molecular weight is 212 g/mol. The van der Waals surface area contributed by atoms with Crippen molar-refractivity contribution in [1.82, 2.24) is 4.90 Å². The minimum Gasteiger partial charge on any atom is -0.468 e. The highest BCUT2D eigenvalue weighted by Crippen LogP contribution is 2.33. The topological polar surface area (TPSA) is 59.0 Å². The number of nitrogens with zero attached hydrogens (tertiary/aromatic N) is 2. The zero-order valence-electron chi connectivity index (χ0n) is 9.53. The molecule has 0 fully saturated rings. The second kappa shape index (κ2) is 4.00. The van der Waals surface area contributed by atoms with Crippen molar-refractivity contribution < 1.29 is 14.3 Å². The van der Waals surface area contributed by atoms with E-state index in [1.54, 1.807) is 7.05 Å². The maximum Gasteiger partial charge on any atom is 0.301 e. The fourth-order valence-electron chi connectivity index (χ4n) is 1.81. The molecule has 0 aliphatic carbocycles. The third-order valence-electron chi connectivity index (χ3n) is 3.00. The molecular formula is C10H16N2O3. The van der Waals surface area contributed by atoms with Crippen LogP contribution in [-0.4, -0.2) is 36.9 Å². The molecule has 1 aliphatic rings. The number of amides is 2. The summed E-state index contributed by atoms with van der Waals surface area (Å²) in [6, 6.07) is 0.0718. The van der Waals surface area contributed by atoms with Gasteiger partial charge >= 0.3 is 6.02 Å². The summed E-state index contributed by atoms with van der Waals surface area (Å²) in [5.74, 6) is -0.628. The predicted molar refractivity (Wildman–Crippen MR) is 55.2 cm³/mol. The van der Waals surface area contributed by atoms with Gasteiger partial charge in [-0.15, -0.1) is 0 Å². The van der Waals surface area contributed by atoms with Crippen LogP contribution in [0, 0.1) is 5.41 Å². The van der Waals surface area contributed by atoms with Crippen LogP contribution < -0.4 is 0 Å². The van der Waals surface area contributed by atoms with Gasteiger partial charge in [0.2, 0.25) is 5.91 Å². The van der Waals surface area contributed by atoms with Crippen LogP contribution in [0.2, 0.25) is 0 Å². The molecule has 0 atom stereocenters. The van der Waals surface area contributed by atoms with E-state index in [9.17, 15) is 9.59 Å². The summed E-state index contributed by atoms with van der Waals surface area (Å²) in [6.45, 7) is 3.64. The molecule has 0 spiro atoms. The maximum absolute atomic E-state index is 12.0. The fraction of sp³-hybridized carbons (Fsp3) is 0.700. The van der Waals surface area contributed by atoms with E-state index in [0.717, 1.165) is 0 Å². The van der Waals surface area contributed by atoms with Gasteiger partial charge in [-0.3, -0.25) is 14.5 Å². The summed E-state index contributed by atoms with van der Waals surface area (Å²) in [7, 11) is 2.96. The minimum absolute atomic E-state index is 0.0718. The van der Waals surface area contributed by atoms with Crippen molar-refractivity contribution in [2.24, 2.45) is 10.4 Å². The number of rotatable bonds is 2. The Kier molecular flexibility index (Phi) is 3.12. The first-order valence-corrected chi connectivity index (χ1v) is 4.98. The molecule has 1 heterocycles. The molecule has 0 radical (unpaired) electrons. The largest absolute Gasteiger partial charge is 0.468 e. The number of carbonyl (C=O) groups excluding carboxylic acids is 2. The summed E-state index contributed by atoms with van der Waals surface area (Å²) in [5.41, 5.74) is -0.989. The lowest BCUT2D eigenvalue weighted by Crippen LogP contribution is -2.53. The molecule has 15 heavy (non-hydrogen) atoms. The van der Waals surface area contributed by atoms with Gasteiger partial charge in [0.15, 0.2) is 0 Å². The van der Waals surface area contributed by atoms with Crippen LogP contribution in [0.1, 0.15) is 26.7 Å². The summed E-state index contributed by atoms with van der Waals surface area (Å²) < 4.78 is 4.86. The normalized spacial score (nSPS) is 20.3. The fourth-order valence-corrected chi connectivity index (χ4v) is 1.81. The molecule has 0 saturated heterocycles. The molecule has 1 rings (SSSR count). The van der Waals surface area contributed by atoms with Crippen LogP contribution in [0.5, 0.6) is 0 Å². The van der Waals surface area contributed by atoms with E-state index < -0.39 is 11.3 Å². The van der Waals surface area contributed by atoms with Gasteiger partial charge in [-0.2, -0.15) is 4.99 Å². The standard InChI is InChI=1S/C10H16N2O3/c1-5-10(6-2)7(13)11-9(15-4)12(3)8(10)14/h5-6H2,1-4H3. The number of ether oxygens (including phenoxy) is 1. The second-order valence-corrected chi connectivity index (χ2v) is 3.56. The zero-order chi connectivity index (χ0) is 11.6. The summed E-state index contributed by atoms with van der Waals surface area (Å²) >= 11 is 0. The summed E-state index contributed by atoms with van der Waals surface area (Å²) in [5, 5.41) is 0. The molecule has 0 aromatic heterocycles. The van der Waals surface area contributed by atoms with E-state index in [0.29, 0.717) is 12.8 Å². The Hall–Kier alpha value is -1.39. The van der Waals surface area contributed by atoms with Gasteiger partial charge in [-0.1, -0.05) is 13.8 Å². The lowest BCUT2D eigenvalue weighted by molar-refractivity contribution is -0.148. The molecule has 2 amide bonds. The predicted octanol–water partition coefficient (Wildman–Crippen LogP) is 0.794. The average Bonchev–Trinajstić information content (AvgIpc) is 2.25.